The molecule has 0 rings (SSSR count). The monoisotopic (exact) mass is 175 g/mol. The number of allylic oxidation sites excluding steroid dienone is 1. The van der Waals surface area contributed by atoms with Crippen molar-refractivity contribution in [3.63, 3.8) is 0 Å². The predicted molar refractivity (Wildman–Crippen MR) is 51.3 cm³/mol. The van der Waals surface area contributed by atoms with Crippen molar-refractivity contribution >= 4 is 9.73 Å². The second-order valence-corrected chi connectivity index (χ2v) is 5.17. The molecule has 0 fully saturated rings. The van der Waals surface area contributed by atoms with E-state index in [2.05, 4.69) is 10.9 Å². The normalized spacial score (nSPS) is 15.5. The van der Waals surface area contributed by atoms with Crippen LogP contribution in [0.25, 0.3) is 0 Å². The third kappa shape index (κ3) is 4.19. The van der Waals surface area contributed by atoms with Crippen molar-refractivity contribution in [2.24, 2.45) is 4.36 Å². The van der Waals surface area contributed by atoms with Gasteiger partial charge in [-0.25, -0.2) is 8.57 Å². The highest BCUT2D eigenvalue weighted by molar-refractivity contribution is 7.93. The fraction of sp³-hybridized carbons (Fsp3) is 0.750. The highest BCUT2D eigenvalue weighted by Crippen LogP contribution is 2.00. The summed E-state index contributed by atoms with van der Waals surface area (Å²) in [6.07, 6.45) is 3.53. The number of hydrogen-bond donors (Lipinski definition) is 0. The smallest absolute Gasteiger partial charge is 0.0467 e. The van der Waals surface area contributed by atoms with Gasteiger partial charge in [-0.05, 0) is 12.8 Å². The van der Waals surface area contributed by atoms with Gasteiger partial charge >= 0.3 is 0 Å². The molecule has 66 valence electrons. The van der Waals surface area contributed by atoms with Crippen LogP contribution in [-0.4, -0.2) is 22.8 Å². The van der Waals surface area contributed by atoms with Gasteiger partial charge < -0.3 is 0 Å². The van der Waals surface area contributed by atoms with E-state index in [1.807, 2.05) is 6.92 Å². The van der Waals surface area contributed by atoms with Crippen LogP contribution in [-0.2, 0) is 9.73 Å². The van der Waals surface area contributed by atoms with Crippen LogP contribution in [0.2, 0.25) is 0 Å². The van der Waals surface area contributed by atoms with Gasteiger partial charge in [0.25, 0.3) is 0 Å². The molecule has 0 saturated carbocycles. The zero-order chi connectivity index (χ0) is 8.74. The average molecular weight is 175 g/mol. The van der Waals surface area contributed by atoms with Crippen LogP contribution in [0.5, 0.6) is 0 Å². The van der Waals surface area contributed by atoms with E-state index in [0.29, 0.717) is 5.75 Å². The third-order valence-corrected chi connectivity index (χ3v) is 4.08. The quantitative estimate of drug-likeness (QED) is 0.588. The Hall–Kier alpha value is -0.310. The lowest BCUT2D eigenvalue weighted by Crippen LogP contribution is -2.09. The molecule has 11 heavy (non-hydrogen) atoms. The lowest BCUT2D eigenvalue weighted by molar-refractivity contribution is 0.674. The topological polar surface area (TPSA) is 29.4 Å². The first-order valence-electron chi connectivity index (χ1n) is 3.90. The maximum Gasteiger partial charge on any atom is 0.0467 e. The van der Waals surface area contributed by atoms with Gasteiger partial charge in [-0.3, -0.25) is 0 Å². The molecule has 3 heteroatoms. The summed E-state index contributed by atoms with van der Waals surface area (Å²) in [4.78, 5) is 0. The Morgan fingerprint density at radius 3 is 2.55 bits per heavy atom. The van der Waals surface area contributed by atoms with Crippen LogP contribution in [0.4, 0.5) is 0 Å². The van der Waals surface area contributed by atoms with Gasteiger partial charge in [0, 0.05) is 28.3 Å². The first-order chi connectivity index (χ1) is 5.18. The Bertz CT molecular complexity index is 214. The van der Waals surface area contributed by atoms with Crippen molar-refractivity contribution in [1.29, 1.82) is 0 Å². The fourth-order valence-corrected chi connectivity index (χ4v) is 2.61. The summed E-state index contributed by atoms with van der Waals surface area (Å²) in [5, 5.41) is 0. The van der Waals surface area contributed by atoms with Crippen molar-refractivity contribution in [2.75, 3.05) is 18.6 Å². The maximum atomic E-state index is 11.7. The van der Waals surface area contributed by atoms with E-state index in [1.165, 1.54) is 0 Å². The average Bonchev–Trinajstić information content (AvgIpc) is 2.02. The van der Waals surface area contributed by atoms with E-state index >= 15 is 0 Å². The highest BCUT2D eigenvalue weighted by Gasteiger charge is 2.03. The van der Waals surface area contributed by atoms with Crippen molar-refractivity contribution in [1.82, 2.24) is 0 Å². The third-order valence-electron chi connectivity index (χ3n) is 1.50. The van der Waals surface area contributed by atoms with Crippen molar-refractivity contribution in [3.05, 3.63) is 12.7 Å². The lowest BCUT2D eigenvalue weighted by Gasteiger charge is -2.04. The summed E-state index contributed by atoms with van der Waals surface area (Å²) in [6.45, 7) is 5.62. The number of rotatable bonds is 5. The van der Waals surface area contributed by atoms with E-state index in [1.54, 1.807) is 13.1 Å². The van der Waals surface area contributed by atoms with Crippen LogP contribution >= 0.6 is 0 Å². The highest BCUT2D eigenvalue weighted by atomic mass is 32.2. The van der Waals surface area contributed by atoms with E-state index in [0.717, 1.165) is 18.6 Å². The van der Waals surface area contributed by atoms with Crippen LogP contribution in [0.3, 0.4) is 0 Å². The Labute approximate surface area is 69.9 Å². The van der Waals surface area contributed by atoms with Gasteiger partial charge in [-0.1, -0.05) is 13.0 Å². The van der Waals surface area contributed by atoms with Gasteiger partial charge in [0.1, 0.15) is 0 Å². The first-order valence-corrected chi connectivity index (χ1v) is 5.75. The molecule has 0 amide bonds. The van der Waals surface area contributed by atoms with Gasteiger partial charge in [-0.15, -0.1) is 6.58 Å². The predicted octanol–water partition coefficient (Wildman–Crippen LogP) is 2.07. The molecule has 0 aromatic carbocycles. The molecule has 0 saturated heterocycles. The summed E-state index contributed by atoms with van der Waals surface area (Å²) < 4.78 is 15.6. The van der Waals surface area contributed by atoms with Gasteiger partial charge in [0.05, 0.1) is 0 Å². The molecule has 1 unspecified atom stereocenters. The second-order valence-electron chi connectivity index (χ2n) is 2.44. The fourth-order valence-electron chi connectivity index (χ4n) is 0.871. The van der Waals surface area contributed by atoms with Gasteiger partial charge in [-0.2, -0.15) is 0 Å². The molecule has 0 aromatic rings. The minimum absolute atomic E-state index is 0.668. The molecular formula is C8H17NOS. The van der Waals surface area contributed by atoms with Crippen molar-refractivity contribution in [3.8, 4) is 0 Å². The minimum Gasteiger partial charge on any atom is -0.250 e. The molecule has 1 atom stereocenters. The van der Waals surface area contributed by atoms with E-state index in [-0.39, 0.29) is 0 Å². The lowest BCUT2D eigenvalue weighted by atomic mass is 10.5. The summed E-state index contributed by atoms with van der Waals surface area (Å²) in [6, 6.07) is 0. The van der Waals surface area contributed by atoms with Crippen LogP contribution < -0.4 is 0 Å². The van der Waals surface area contributed by atoms with E-state index in [4.69, 9.17) is 0 Å². The molecule has 0 aliphatic carbocycles. The molecule has 0 spiro atoms. The Morgan fingerprint density at radius 2 is 2.18 bits per heavy atom. The van der Waals surface area contributed by atoms with Crippen LogP contribution in [0.1, 0.15) is 19.8 Å². The van der Waals surface area contributed by atoms with Crippen molar-refractivity contribution < 1.29 is 4.21 Å². The van der Waals surface area contributed by atoms with E-state index < -0.39 is 9.73 Å². The number of nitrogens with zero attached hydrogens (tertiary/aromatic N) is 1. The maximum absolute atomic E-state index is 11.7. The Morgan fingerprint density at radius 1 is 1.55 bits per heavy atom. The summed E-state index contributed by atoms with van der Waals surface area (Å²) in [7, 11) is -0.245. The molecule has 0 radical (unpaired) electrons. The van der Waals surface area contributed by atoms with Crippen molar-refractivity contribution in [2.45, 2.75) is 19.8 Å². The van der Waals surface area contributed by atoms with Crippen LogP contribution in [0, 0.1) is 0 Å². The minimum atomic E-state index is -1.89. The SMILES string of the molecule is C=CCCS(=O)(CCC)=NC. The van der Waals surface area contributed by atoms with Gasteiger partial charge in [0.2, 0.25) is 0 Å². The van der Waals surface area contributed by atoms with Gasteiger partial charge in [0.15, 0.2) is 0 Å². The second kappa shape index (κ2) is 5.35. The molecule has 0 aliphatic rings. The molecule has 0 N–H and O–H groups in total. The molecule has 0 heterocycles. The zero-order valence-corrected chi connectivity index (χ0v) is 8.19. The zero-order valence-electron chi connectivity index (χ0n) is 7.38. The Kier molecular flexibility index (Phi) is 5.20. The van der Waals surface area contributed by atoms with E-state index in [9.17, 15) is 4.21 Å². The molecule has 0 bridgehead atoms. The largest absolute Gasteiger partial charge is 0.250 e. The first kappa shape index (κ1) is 10.7. The summed E-state index contributed by atoms with van der Waals surface area (Å²) in [5.74, 6) is 1.39. The Balaban J connectivity index is 4.13. The summed E-state index contributed by atoms with van der Waals surface area (Å²) >= 11 is 0. The number of hydrogen-bond acceptors (Lipinski definition) is 2. The van der Waals surface area contributed by atoms with Crippen LogP contribution in [0.15, 0.2) is 17.0 Å². The summed E-state index contributed by atoms with van der Waals surface area (Å²) in [5.41, 5.74) is 0. The standard InChI is InChI=1S/C8H17NOS/c1-4-6-8-11(10,9-3)7-5-2/h4H,1,5-8H2,2-3H3. The molecule has 2 nitrogen and oxygen atoms in total. The molecular weight excluding hydrogens is 158 g/mol. The molecule has 0 aliphatic heterocycles. The molecule has 0 aromatic heterocycles.